The maximum Gasteiger partial charge on any atom is 0.236 e. The molecule has 0 saturated carbocycles. The zero-order chi connectivity index (χ0) is 19.4. The molecule has 0 radical (unpaired) electrons. The third-order valence-corrected chi connectivity index (χ3v) is 6.97. The molecular weight excluding hydrogens is 392 g/mol. The summed E-state index contributed by atoms with van der Waals surface area (Å²) in [6, 6.07) is 13.5. The molecule has 3 heterocycles. The average molecular weight is 415 g/mol. The molecule has 1 aromatic carbocycles. The highest BCUT2D eigenvalue weighted by molar-refractivity contribution is 7.92. The molecule has 0 bridgehead atoms. The first kappa shape index (κ1) is 19.1. The van der Waals surface area contributed by atoms with E-state index >= 15 is 0 Å². The summed E-state index contributed by atoms with van der Waals surface area (Å²) in [5.41, 5.74) is 2.98. The monoisotopic (exact) mass is 414 g/mol. The normalized spacial score (nSPS) is 16.7. The molecule has 3 aromatic rings. The minimum atomic E-state index is -3.40. The molecule has 1 fully saturated rings. The average Bonchev–Trinajstić information content (AvgIpc) is 3.40. The molecule has 2 aromatic heterocycles. The fourth-order valence-electron chi connectivity index (χ4n) is 3.15. The Labute approximate surface area is 169 Å². The lowest BCUT2D eigenvalue weighted by Gasteiger charge is -2.33. The van der Waals surface area contributed by atoms with E-state index in [2.05, 4.69) is 21.4 Å². The highest BCUT2D eigenvalue weighted by Gasteiger charge is 2.25. The van der Waals surface area contributed by atoms with Crippen LogP contribution in [-0.4, -0.2) is 53.6 Å². The number of sulfonamides is 1. The van der Waals surface area contributed by atoms with E-state index in [1.807, 2.05) is 52.7 Å². The maximum absolute atomic E-state index is 12.6. The van der Waals surface area contributed by atoms with Gasteiger partial charge in [0.15, 0.2) is 0 Å². The largest absolute Gasteiger partial charge is 0.282 e. The summed E-state index contributed by atoms with van der Waals surface area (Å²) in [7, 11) is -3.40. The Balaban J connectivity index is 1.32. The molecule has 146 valence electrons. The van der Waals surface area contributed by atoms with Gasteiger partial charge >= 0.3 is 0 Å². The number of benzene rings is 1. The van der Waals surface area contributed by atoms with Crippen LogP contribution in [0.4, 0.5) is 0 Å². The van der Waals surface area contributed by atoms with Crippen molar-refractivity contribution in [2.24, 2.45) is 0 Å². The Bertz CT molecular complexity index is 1020. The van der Waals surface area contributed by atoms with Crippen LogP contribution in [0.2, 0.25) is 0 Å². The molecule has 1 saturated heterocycles. The van der Waals surface area contributed by atoms with Gasteiger partial charge in [0.2, 0.25) is 10.0 Å². The summed E-state index contributed by atoms with van der Waals surface area (Å²) in [5.74, 6) is 0. The molecule has 0 amide bonds. The van der Waals surface area contributed by atoms with E-state index in [-0.39, 0.29) is 0 Å². The van der Waals surface area contributed by atoms with Crippen molar-refractivity contribution in [3.63, 3.8) is 0 Å². The molecule has 0 unspecified atom stereocenters. The third kappa shape index (κ3) is 4.59. The fourth-order valence-corrected chi connectivity index (χ4v) is 4.97. The van der Waals surface area contributed by atoms with Gasteiger partial charge in [0.05, 0.1) is 12.4 Å². The molecule has 0 N–H and O–H groups in total. The molecule has 1 aliphatic rings. The van der Waals surface area contributed by atoms with Crippen molar-refractivity contribution in [1.29, 1.82) is 0 Å². The van der Waals surface area contributed by atoms with Crippen molar-refractivity contribution in [3.8, 4) is 11.3 Å². The molecule has 28 heavy (non-hydrogen) atoms. The van der Waals surface area contributed by atoms with E-state index < -0.39 is 10.0 Å². The minimum absolute atomic E-state index is 0.486. The first-order valence-electron chi connectivity index (χ1n) is 9.12. The van der Waals surface area contributed by atoms with Crippen molar-refractivity contribution in [2.75, 3.05) is 26.2 Å². The Morgan fingerprint density at radius 3 is 2.54 bits per heavy atom. The summed E-state index contributed by atoms with van der Waals surface area (Å²) in [6.07, 6.45) is 3.62. The number of nitrogens with zero attached hydrogens (tertiary/aromatic N) is 4. The smallest absolute Gasteiger partial charge is 0.236 e. The SMILES string of the molecule is O=S(=O)(/C=C/c1ccccc1)N1CCN(Cn2ccc(-c3ccsc3)n2)CC1. The van der Waals surface area contributed by atoms with Crippen molar-refractivity contribution in [1.82, 2.24) is 19.0 Å². The van der Waals surface area contributed by atoms with Crippen molar-refractivity contribution < 1.29 is 8.42 Å². The van der Waals surface area contributed by atoms with Gasteiger partial charge in [-0.05, 0) is 29.2 Å². The molecule has 0 atom stereocenters. The number of hydrogen-bond acceptors (Lipinski definition) is 5. The van der Waals surface area contributed by atoms with Crippen LogP contribution in [0.3, 0.4) is 0 Å². The fraction of sp³-hybridized carbons (Fsp3) is 0.250. The minimum Gasteiger partial charge on any atom is -0.282 e. The third-order valence-electron chi connectivity index (χ3n) is 4.73. The molecule has 6 nitrogen and oxygen atoms in total. The second-order valence-corrected chi connectivity index (χ2v) is 9.27. The standard InChI is InChI=1S/C20H22N4O2S2/c25-28(26,15-8-18-4-2-1-3-5-18)24-12-10-22(11-13-24)17-23-9-6-20(21-23)19-7-14-27-16-19/h1-9,14-16H,10-13,17H2/b15-8+. The van der Waals surface area contributed by atoms with Gasteiger partial charge < -0.3 is 0 Å². The number of piperazine rings is 1. The summed E-state index contributed by atoms with van der Waals surface area (Å²) < 4.78 is 28.6. The van der Waals surface area contributed by atoms with Crippen LogP contribution in [0.1, 0.15) is 5.56 Å². The quantitative estimate of drug-likeness (QED) is 0.622. The Hall–Kier alpha value is -2.26. The molecule has 0 aliphatic carbocycles. The lowest BCUT2D eigenvalue weighted by Crippen LogP contribution is -2.48. The first-order chi connectivity index (χ1) is 13.6. The van der Waals surface area contributed by atoms with E-state index in [1.54, 1.807) is 21.7 Å². The summed E-state index contributed by atoms with van der Waals surface area (Å²) >= 11 is 1.66. The highest BCUT2D eigenvalue weighted by Crippen LogP contribution is 2.20. The van der Waals surface area contributed by atoms with Crippen LogP contribution in [0.5, 0.6) is 0 Å². The molecule has 4 rings (SSSR count). The van der Waals surface area contributed by atoms with Gasteiger partial charge in [-0.2, -0.15) is 20.7 Å². The molecular formula is C20H22N4O2S2. The van der Waals surface area contributed by atoms with E-state index in [0.29, 0.717) is 32.8 Å². The van der Waals surface area contributed by atoms with Gasteiger partial charge in [0.25, 0.3) is 0 Å². The summed E-state index contributed by atoms with van der Waals surface area (Å²) in [5, 5.41) is 10.0. The predicted octanol–water partition coefficient (Wildman–Crippen LogP) is 3.19. The van der Waals surface area contributed by atoms with E-state index in [1.165, 1.54) is 5.41 Å². The number of thiophene rings is 1. The van der Waals surface area contributed by atoms with Gasteiger partial charge in [-0.3, -0.25) is 9.58 Å². The summed E-state index contributed by atoms with van der Waals surface area (Å²) in [6.45, 7) is 3.01. The highest BCUT2D eigenvalue weighted by atomic mass is 32.2. The van der Waals surface area contributed by atoms with Crippen LogP contribution in [0, 0.1) is 0 Å². The Morgan fingerprint density at radius 1 is 1.04 bits per heavy atom. The van der Waals surface area contributed by atoms with Gasteiger partial charge in [-0.1, -0.05) is 30.3 Å². The van der Waals surface area contributed by atoms with Gasteiger partial charge in [-0.25, -0.2) is 8.42 Å². The van der Waals surface area contributed by atoms with E-state index in [9.17, 15) is 8.42 Å². The van der Waals surface area contributed by atoms with Gasteiger partial charge in [-0.15, -0.1) is 0 Å². The predicted molar refractivity (Wildman–Crippen MR) is 113 cm³/mol. The van der Waals surface area contributed by atoms with Crippen LogP contribution in [-0.2, 0) is 16.7 Å². The van der Waals surface area contributed by atoms with Crippen molar-refractivity contribution >= 4 is 27.4 Å². The lowest BCUT2D eigenvalue weighted by molar-refractivity contribution is 0.146. The number of rotatable bonds is 6. The number of aromatic nitrogens is 2. The Kier molecular flexibility index (Phi) is 5.72. The zero-order valence-electron chi connectivity index (χ0n) is 15.4. The maximum atomic E-state index is 12.6. The summed E-state index contributed by atoms with van der Waals surface area (Å²) in [4.78, 5) is 2.22. The molecule has 8 heteroatoms. The van der Waals surface area contributed by atoms with Crippen molar-refractivity contribution in [3.05, 3.63) is 70.4 Å². The zero-order valence-corrected chi connectivity index (χ0v) is 17.0. The van der Waals surface area contributed by atoms with Crippen LogP contribution >= 0.6 is 11.3 Å². The second-order valence-electron chi connectivity index (χ2n) is 6.67. The van der Waals surface area contributed by atoms with E-state index in [4.69, 9.17) is 0 Å². The van der Waals surface area contributed by atoms with Gasteiger partial charge in [0, 0.05) is 48.7 Å². The second kappa shape index (κ2) is 8.40. The molecule has 1 aliphatic heterocycles. The molecule has 0 spiro atoms. The van der Waals surface area contributed by atoms with Crippen molar-refractivity contribution in [2.45, 2.75) is 6.67 Å². The Morgan fingerprint density at radius 2 is 1.82 bits per heavy atom. The lowest BCUT2D eigenvalue weighted by atomic mass is 10.2. The van der Waals surface area contributed by atoms with Crippen LogP contribution < -0.4 is 0 Å². The topological polar surface area (TPSA) is 58.4 Å². The van der Waals surface area contributed by atoms with Gasteiger partial charge in [0.1, 0.15) is 0 Å². The first-order valence-corrected chi connectivity index (χ1v) is 11.6. The number of hydrogen-bond donors (Lipinski definition) is 0. The van der Waals surface area contributed by atoms with Crippen LogP contribution in [0.15, 0.2) is 64.8 Å². The van der Waals surface area contributed by atoms with E-state index in [0.717, 1.165) is 16.8 Å². The van der Waals surface area contributed by atoms with Crippen LogP contribution in [0.25, 0.3) is 17.3 Å².